The predicted molar refractivity (Wildman–Crippen MR) is 112 cm³/mol. The number of nitrogens with zero attached hydrogens (tertiary/aromatic N) is 4. The molecular weight excluding hydrogens is 444 g/mol. The molecule has 9 nitrogen and oxygen atoms in total. The molecule has 4 heterocycles. The van der Waals surface area contributed by atoms with Crippen molar-refractivity contribution in [3.8, 4) is 17.1 Å². The molecule has 0 radical (unpaired) electrons. The lowest BCUT2D eigenvalue weighted by molar-refractivity contribution is -0.0528. The second kappa shape index (κ2) is 7.76. The summed E-state index contributed by atoms with van der Waals surface area (Å²) >= 11 is 0. The molecule has 1 aliphatic rings. The van der Waals surface area contributed by atoms with Crippen LogP contribution >= 0.6 is 0 Å². The molecule has 1 amide bonds. The van der Waals surface area contributed by atoms with Crippen LogP contribution in [0.5, 0.6) is 5.88 Å². The zero-order valence-electron chi connectivity index (χ0n) is 17.5. The van der Waals surface area contributed by atoms with Crippen molar-refractivity contribution in [1.82, 2.24) is 25.1 Å². The average molecular weight is 465 g/mol. The number of hydrogen-bond acceptors (Lipinski definition) is 7. The Morgan fingerprint density at radius 2 is 1.97 bits per heavy atom. The van der Waals surface area contributed by atoms with Gasteiger partial charge in [-0.05, 0) is 32.9 Å². The van der Waals surface area contributed by atoms with E-state index in [0.29, 0.717) is 22.3 Å². The number of ether oxygens (including phenoxy) is 1. The molecule has 0 spiro atoms. The molecule has 1 aliphatic heterocycles. The number of rotatable bonds is 6. The van der Waals surface area contributed by atoms with E-state index in [-0.39, 0.29) is 29.0 Å². The molecule has 1 N–H and O–H groups in total. The Hall–Kier alpha value is -3.15. The number of nitrogens with one attached hydrogen (secondary N) is 1. The number of fused-ring (bicyclic) bond motifs is 1. The van der Waals surface area contributed by atoms with Gasteiger partial charge in [-0.3, -0.25) is 14.5 Å². The normalized spacial score (nSPS) is 16.8. The van der Waals surface area contributed by atoms with Crippen LogP contribution in [0.2, 0.25) is 0 Å². The average Bonchev–Trinajstić information content (AvgIpc) is 3.05. The predicted octanol–water partition coefficient (Wildman–Crippen LogP) is 2.59. The summed E-state index contributed by atoms with van der Waals surface area (Å²) in [5.41, 5.74) is 1.40. The summed E-state index contributed by atoms with van der Waals surface area (Å²) < 4.78 is 54.2. The Balaban J connectivity index is 1.71. The monoisotopic (exact) mass is 465 g/mol. The Kier molecular flexibility index (Phi) is 5.35. The topological polar surface area (TPSA) is 116 Å². The zero-order chi connectivity index (χ0) is 23.3. The van der Waals surface area contributed by atoms with Crippen LogP contribution in [0.1, 0.15) is 37.2 Å². The summed E-state index contributed by atoms with van der Waals surface area (Å²) in [6.45, 7) is 2.48. The van der Waals surface area contributed by atoms with Crippen LogP contribution in [-0.4, -0.2) is 57.7 Å². The molecule has 0 aliphatic carbocycles. The first kappa shape index (κ1) is 22.1. The van der Waals surface area contributed by atoms with Crippen molar-refractivity contribution in [3.05, 3.63) is 36.2 Å². The van der Waals surface area contributed by atoms with Gasteiger partial charge in [0.25, 0.3) is 5.91 Å². The molecule has 0 bridgehead atoms. The molecule has 0 unspecified atom stereocenters. The number of alkyl halides is 2. The summed E-state index contributed by atoms with van der Waals surface area (Å²) in [5, 5.41) is 7.33. The standard InChI is InChI=1S/C20H21F2N5O4S/c1-11(2)27-14-6-13(18(28)25-20(3)9-32(29,30)10-20)8-24-17(14)16(26-27)12-4-5-23-15(7-12)31-19(21)22/h4-8,11,19H,9-10H2,1-3H3,(H,25,28). The molecule has 1 fully saturated rings. The Bertz CT molecular complexity index is 1290. The highest BCUT2D eigenvalue weighted by Crippen LogP contribution is 2.31. The molecule has 170 valence electrons. The summed E-state index contributed by atoms with van der Waals surface area (Å²) in [5.74, 6) is -0.906. The molecule has 12 heteroatoms. The molecule has 0 atom stereocenters. The van der Waals surface area contributed by atoms with Gasteiger partial charge in [-0.2, -0.15) is 13.9 Å². The minimum atomic E-state index is -3.11. The van der Waals surface area contributed by atoms with Crippen molar-refractivity contribution < 1.29 is 26.7 Å². The van der Waals surface area contributed by atoms with E-state index in [0.717, 1.165) is 0 Å². The lowest BCUT2D eigenvalue weighted by Gasteiger charge is -2.38. The Morgan fingerprint density at radius 3 is 2.59 bits per heavy atom. The van der Waals surface area contributed by atoms with Crippen LogP contribution in [0, 0.1) is 0 Å². The number of carbonyl (C=O) groups is 1. The summed E-state index contributed by atoms with van der Waals surface area (Å²) in [7, 11) is -3.11. The van der Waals surface area contributed by atoms with Gasteiger partial charge in [0.05, 0.1) is 28.1 Å². The first-order valence-corrected chi connectivity index (χ1v) is 11.6. The van der Waals surface area contributed by atoms with E-state index >= 15 is 0 Å². The second-order valence-electron chi connectivity index (χ2n) is 8.29. The number of amides is 1. The third-order valence-corrected chi connectivity index (χ3v) is 7.16. The van der Waals surface area contributed by atoms with Crippen molar-refractivity contribution >= 4 is 26.8 Å². The van der Waals surface area contributed by atoms with Crippen LogP contribution in [0.25, 0.3) is 22.3 Å². The number of carbonyl (C=O) groups excluding carboxylic acids is 1. The van der Waals surface area contributed by atoms with E-state index in [1.807, 2.05) is 13.8 Å². The largest absolute Gasteiger partial charge is 0.417 e. The SMILES string of the molecule is CC(C)n1nc(-c2ccnc(OC(F)F)c2)c2ncc(C(=O)NC3(C)CS(=O)(=O)C3)cc21. The van der Waals surface area contributed by atoms with E-state index in [1.54, 1.807) is 23.7 Å². The zero-order valence-corrected chi connectivity index (χ0v) is 18.4. The van der Waals surface area contributed by atoms with E-state index in [4.69, 9.17) is 0 Å². The van der Waals surface area contributed by atoms with Gasteiger partial charge in [0, 0.05) is 30.1 Å². The second-order valence-corrected chi connectivity index (χ2v) is 10.4. The number of halogens is 2. The van der Waals surface area contributed by atoms with E-state index < -0.39 is 27.9 Å². The Labute approximate surface area is 182 Å². The van der Waals surface area contributed by atoms with Gasteiger partial charge in [-0.1, -0.05) is 0 Å². The molecule has 4 rings (SSSR count). The van der Waals surface area contributed by atoms with Gasteiger partial charge < -0.3 is 10.1 Å². The van der Waals surface area contributed by atoms with Crippen LogP contribution in [-0.2, 0) is 9.84 Å². The van der Waals surface area contributed by atoms with Crippen LogP contribution in [0.4, 0.5) is 8.78 Å². The first-order valence-electron chi connectivity index (χ1n) is 9.79. The quantitative estimate of drug-likeness (QED) is 0.595. The maximum Gasteiger partial charge on any atom is 0.388 e. The molecule has 3 aromatic rings. The van der Waals surface area contributed by atoms with Gasteiger partial charge in [0.2, 0.25) is 5.88 Å². The fraction of sp³-hybridized carbons (Fsp3) is 0.400. The van der Waals surface area contributed by atoms with Crippen molar-refractivity contribution in [2.75, 3.05) is 11.5 Å². The van der Waals surface area contributed by atoms with Crippen LogP contribution in [0.15, 0.2) is 30.6 Å². The lowest BCUT2D eigenvalue weighted by Crippen LogP contribution is -2.63. The van der Waals surface area contributed by atoms with Gasteiger partial charge >= 0.3 is 6.61 Å². The molecule has 3 aromatic heterocycles. The maximum absolute atomic E-state index is 12.7. The van der Waals surface area contributed by atoms with E-state index in [2.05, 4.69) is 25.1 Å². The third-order valence-electron chi connectivity index (χ3n) is 5.01. The molecule has 32 heavy (non-hydrogen) atoms. The highest BCUT2D eigenvalue weighted by molar-refractivity contribution is 7.93. The number of hydrogen-bond donors (Lipinski definition) is 1. The molecule has 0 saturated carbocycles. The minimum absolute atomic E-state index is 0.0840. The third kappa shape index (κ3) is 4.27. The van der Waals surface area contributed by atoms with Crippen LogP contribution < -0.4 is 10.1 Å². The number of pyridine rings is 2. The van der Waals surface area contributed by atoms with Crippen molar-refractivity contribution in [3.63, 3.8) is 0 Å². The molecule has 1 saturated heterocycles. The fourth-order valence-electron chi connectivity index (χ4n) is 3.79. The van der Waals surface area contributed by atoms with Crippen molar-refractivity contribution in [1.29, 1.82) is 0 Å². The van der Waals surface area contributed by atoms with Crippen LogP contribution in [0.3, 0.4) is 0 Å². The fourth-order valence-corrected chi connectivity index (χ4v) is 5.79. The summed E-state index contributed by atoms with van der Waals surface area (Å²) in [6, 6.07) is 4.49. The number of aromatic nitrogens is 4. The van der Waals surface area contributed by atoms with Gasteiger partial charge in [-0.25, -0.2) is 13.4 Å². The van der Waals surface area contributed by atoms with E-state index in [9.17, 15) is 22.0 Å². The van der Waals surface area contributed by atoms with E-state index in [1.165, 1.54) is 18.5 Å². The summed E-state index contributed by atoms with van der Waals surface area (Å²) in [4.78, 5) is 20.9. The minimum Gasteiger partial charge on any atom is -0.417 e. The summed E-state index contributed by atoms with van der Waals surface area (Å²) in [6.07, 6.45) is 2.71. The van der Waals surface area contributed by atoms with Gasteiger partial charge in [-0.15, -0.1) is 0 Å². The molecule has 0 aromatic carbocycles. The smallest absolute Gasteiger partial charge is 0.388 e. The first-order chi connectivity index (χ1) is 15.0. The lowest BCUT2D eigenvalue weighted by atomic mass is 10.1. The highest BCUT2D eigenvalue weighted by atomic mass is 32.2. The van der Waals surface area contributed by atoms with Crippen molar-refractivity contribution in [2.24, 2.45) is 0 Å². The number of sulfone groups is 1. The highest BCUT2D eigenvalue weighted by Gasteiger charge is 2.45. The molecular formula is C20H21F2N5O4S. The maximum atomic E-state index is 12.7. The van der Waals surface area contributed by atoms with Gasteiger partial charge in [0.15, 0.2) is 9.84 Å². The van der Waals surface area contributed by atoms with Gasteiger partial charge in [0.1, 0.15) is 11.2 Å². The van der Waals surface area contributed by atoms with Crippen molar-refractivity contribution in [2.45, 2.75) is 39.0 Å². The Morgan fingerprint density at radius 1 is 1.25 bits per heavy atom.